The van der Waals surface area contributed by atoms with Crippen molar-refractivity contribution in [2.24, 2.45) is 5.73 Å². The summed E-state index contributed by atoms with van der Waals surface area (Å²) >= 11 is 0. The van der Waals surface area contributed by atoms with Gasteiger partial charge in [0.1, 0.15) is 17.4 Å². The van der Waals surface area contributed by atoms with Gasteiger partial charge in [-0.15, -0.1) is 0 Å². The van der Waals surface area contributed by atoms with Gasteiger partial charge in [-0.25, -0.2) is 0 Å². The fourth-order valence-electron chi connectivity index (χ4n) is 2.49. The van der Waals surface area contributed by atoms with Crippen LogP contribution in [0.2, 0.25) is 0 Å². The van der Waals surface area contributed by atoms with Crippen molar-refractivity contribution in [3.05, 3.63) is 69.2 Å². The average Bonchev–Trinajstić information content (AvgIpc) is 2.46. The van der Waals surface area contributed by atoms with E-state index in [4.69, 9.17) is 10.5 Å². The number of fused-ring (bicyclic) bond motifs is 1. The number of nitriles is 1. The predicted molar refractivity (Wildman–Crippen MR) is 75.3 cm³/mol. The molecule has 21 heavy (non-hydrogen) atoms. The van der Waals surface area contributed by atoms with E-state index in [1.54, 1.807) is 37.5 Å². The van der Waals surface area contributed by atoms with E-state index >= 15 is 0 Å². The molecule has 3 N–H and O–H groups in total. The van der Waals surface area contributed by atoms with Crippen molar-refractivity contribution in [2.75, 3.05) is 0 Å². The molecule has 1 atom stereocenters. The van der Waals surface area contributed by atoms with Crippen molar-refractivity contribution in [3.8, 4) is 11.8 Å². The third-order valence-corrected chi connectivity index (χ3v) is 3.37. The second kappa shape index (κ2) is 4.80. The second-order valence-corrected chi connectivity index (χ2v) is 4.77. The zero-order valence-corrected chi connectivity index (χ0v) is 11.3. The Hall–Kier alpha value is -3.07. The molecule has 0 saturated heterocycles. The van der Waals surface area contributed by atoms with Gasteiger partial charge in [-0.2, -0.15) is 5.26 Å². The van der Waals surface area contributed by atoms with Crippen LogP contribution >= 0.6 is 0 Å². The SMILES string of the molecule is Cc1cc2c(c(=O)[nH]1)C(c1cccnc1)C(C#N)=C(N)O2. The Kier molecular flexibility index (Phi) is 2.95. The molecule has 104 valence electrons. The van der Waals surface area contributed by atoms with Crippen molar-refractivity contribution in [2.45, 2.75) is 12.8 Å². The Morgan fingerprint density at radius 1 is 1.52 bits per heavy atom. The lowest BCUT2D eigenvalue weighted by Crippen LogP contribution is -2.28. The minimum atomic E-state index is -0.572. The number of nitrogens with two attached hydrogens (primary N) is 1. The molecule has 0 spiro atoms. The number of rotatable bonds is 1. The van der Waals surface area contributed by atoms with Gasteiger partial charge in [0.05, 0.1) is 11.5 Å². The third kappa shape index (κ3) is 2.05. The number of pyridine rings is 2. The molecule has 1 unspecified atom stereocenters. The molecule has 2 aromatic heterocycles. The summed E-state index contributed by atoms with van der Waals surface area (Å²) in [6.45, 7) is 1.75. The highest BCUT2D eigenvalue weighted by Gasteiger charge is 2.33. The Morgan fingerprint density at radius 2 is 2.33 bits per heavy atom. The largest absolute Gasteiger partial charge is 0.440 e. The van der Waals surface area contributed by atoms with Crippen molar-refractivity contribution in [3.63, 3.8) is 0 Å². The van der Waals surface area contributed by atoms with E-state index in [1.807, 2.05) is 6.07 Å². The third-order valence-electron chi connectivity index (χ3n) is 3.37. The molecule has 6 nitrogen and oxygen atoms in total. The van der Waals surface area contributed by atoms with Gasteiger partial charge < -0.3 is 15.5 Å². The number of aryl methyl sites for hydroxylation is 1. The van der Waals surface area contributed by atoms with Gasteiger partial charge in [-0.1, -0.05) is 6.07 Å². The Balaban J connectivity index is 2.32. The fraction of sp³-hybridized carbons (Fsp3) is 0.133. The van der Waals surface area contributed by atoms with Crippen LogP contribution in [0.3, 0.4) is 0 Å². The van der Waals surface area contributed by atoms with Crippen LogP contribution in [0, 0.1) is 18.3 Å². The van der Waals surface area contributed by atoms with Gasteiger partial charge >= 0.3 is 0 Å². The van der Waals surface area contributed by atoms with E-state index in [0.29, 0.717) is 17.0 Å². The average molecular weight is 280 g/mol. The standard InChI is InChI=1S/C15H12N4O2/c1-8-5-11-13(15(20)19-8)12(9-3-2-4-18-7-9)10(6-16)14(17)21-11/h2-5,7,12H,17H2,1H3,(H,19,20). The molecule has 0 radical (unpaired) electrons. The Morgan fingerprint density at radius 3 is 3.00 bits per heavy atom. The highest BCUT2D eigenvalue weighted by atomic mass is 16.5. The van der Waals surface area contributed by atoms with Crippen LogP contribution in [-0.2, 0) is 0 Å². The molecule has 6 heteroatoms. The minimum Gasteiger partial charge on any atom is -0.440 e. The van der Waals surface area contributed by atoms with Gasteiger partial charge in [0, 0.05) is 24.2 Å². The van der Waals surface area contributed by atoms with Gasteiger partial charge in [0.2, 0.25) is 5.88 Å². The fourth-order valence-corrected chi connectivity index (χ4v) is 2.49. The maximum atomic E-state index is 12.3. The second-order valence-electron chi connectivity index (χ2n) is 4.77. The maximum absolute atomic E-state index is 12.3. The van der Waals surface area contributed by atoms with Crippen LogP contribution in [0.5, 0.6) is 5.75 Å². The van der Waals surface area contributed by atoms with Crippen molar-refractivity contribution < 1.29 is 4.74 Å². The monoisotopic (exact) mass is 280 g/mol. The maximum Gasteiger partial charge on any atom is 0.256 e. The van der Waals surface area contributed by atoms with E-state index in [0.717, 1.165) is 5.56 Å². The molecule has 3 heterocycles. The summed E-state index contributed by atoms with van der Waals surface area (Å²) < 4.78 is 5.44. The lowest BCUT2D eigenvalue weighted by molar-refractivity contribution is 0.391. The zero-order chi connectivity index (χ0) is 15.0. The Labute approximate surface area is 120 Å². The molecular formula is C15H12N4O2. The van der Waals surface area contributed by atoms with Crippen LogP contribution in [0.25, 0.3) is 0 Å². The minimum absolute atomic E-state index is 0.0175. The molecule has 3 rings (SSSR count). The summed E-state index contributed by atoms with van der Waals surface area (Å²) in [5.41, 5.74) is 7.51. The number of H-pyrrole nitrogens is 1. The number of aromatic nitrogens is 2. The number of hydrogen-bond donors (Lipinski definition) is 2. The summed E-state index contributed by atoms with van der Waals surface area (Å²) in [4.78, 5) is 19.1. The smallest absolute Gasteiger partial charge is 0.256 e. The first-order chi connectivity index (χ1) is 10.1. The molecule has 0 aromatic carbocycles. The van der Waals surface area contributed by atoms with Gasteiger partial charge in [-0.3, -0.25) is 9.78 Å². The van der Waals surface area contributed by atoms with Crippen molar-refractivity contribution >= 4 is 0 Å². The van der Waals surface area contributed by atoms with Gasteiger partial charge in [0.25, 0.3) is 5.56 Å². The molecule has 0 fully saturated rings. The normalized spacial score (nSPS) is 16.9. The van der Waals surface area contributed by atoms with Crippen LogP contribution in [-0.4, -0.2) is 9.97 Å². The summed E-state index contributed by atoms with van der Waals surface area (Å²) in [5.74, 6) is -0.178. The van der Waals surface area contributed by atoms with E-state index < -0.39 is 5.92 Å². The summed E-state index contributed by atoms with van der Waals surface area (Å²) in [6.07, 6.45) is 3.24. The molecule has 0 amide bonds. The lowest BCUT2D eigenvalue weighted by Gasteiger charge is -2.25. The molecule has 0 bridgehead atoms. The molecule has 0 aliphatic carbocycles. The van der Waals surface area contributed by atoms with Crippen molar-refractivity contribution in [1.82, 2.24) is 9.97 Å². The van der Waals surface area contributed by atoms with Crippen LogP contribution < -0.4 is 16.0 Å². The number of ether oxygens (including phenoxy) is 1. The molecule has 1 aliphatic rings. The molecule has 0 saturated carbocycles. The molecular weight excluding hydrogens is 268 g/mol. The van der Waals surface area contributed by atoms with Gasteiger partial charge in [-0.05, 0) is 18.6 Å². The molecule has 2 aromatic rings. The lowest BCUT2D eigenvalue weighted by atomic mass is 9.85. The first-order valence-corrected chi connectivity index (χ1v) is 6.33. The zero-order valence-electron chi connectivity index (χ0n) is 11.3. The Bertz CT molecular complexity index is 831. The predicted octanol–water partition coefficient (Wildman–Crippen LogP) is 1.30. The number of nitrogens with zero attached hydrogens (tertiary/aromatic N) is 2. The topological polar surface area (TPSA) is 105 Å². The van der Waals surface area contributed by atoms with Crippen LogP contribution in [0.1, 0.15) is 22.7 Å². The first kappa shape index (κ1) is 12.9. The number of nitrogens with one attached hydrogen (secondary N) is 1. The van der Waals surface area contributed by atoms with E-state index in [2.05, 4.69) is 9.97 Å². The number of allylic oxidation sites excluding steroid dienone is 1. The van der Waals surface area contributed by atoms with E-state index in [9.17, 15) is 10.1 Å². The van der Waals surface area contributed by atoms with E-state index in [-0.39, 0.29) is 17.0 Å². The highest BCUT2D eigenvalue weighted by molar-refractivity contribution is 5.54. The summed E-state index contributed by atoms with van der Waals surface area (Å²) in [7, 11) is 0. The number of hydrogen-bond acceptors (Lipinski definition) is 5. The van der Waals surface area contributed by atoms with Gasteiger partial charge in [0.15, 0.2) is 0 Å². The quantitative estimate of drug-likeness (QED) is 0.819. The highest BCUT2D eigenvalue weighted by Crippen LogP contribution is 2.39. The molecule has 1 aliphatic heterocycles. The summed E-state index contributed by atoms with van der Waals surface area (Å²) in [5, 5.41) is 9.36. The first-order valence-electron chi connectivity index (χ1n) is 6.33. The summed E-state index contributed by atoms with van der Waals surface area (Å²) in [6, 6.07) is 7.28. The van der Waals surface area contributed by atoms with Crippen molar-refractivity contribution in [1.29, 1.82) is 5.26 Å². The van der Waals surface area contributed by atoms with Crippen LogP contribution in [0.15, 0.2) is 46.8 Å². The number of aromatic amines is 1. The van der Waals surface area contributed by atoms with Crippen LogP contribution in [0.4, 0.5) is 0 Å². The van der Waals surface area contributed by atoms with E-state index in [1.165, 1.54) is 0 Å².